The molecule has 11 heteroatoms. The third-order valence-corrected chi connectivity index (χ3v) is 13.3. The van der Waals surface area contributed by atoms with Crippen LogP contribution in [0.3, 0.4) is 0 Å². The monoisotopic (exact) mass is 577 g/mol. The number of nitrogens with one attached hydrogen (secondary N) is 1. The van der Waals surface area contributed by atoms with Crippen LogP contribution in [0, 0.1) is 10.1 Å². The van der Waals surface area contributed by atoms with Gasteiger partial charge < -0.3 is 19.0 Å². The molecule has 0 spiro atoms. The maximum absolute atomic E-state index is 12.6. The number of amidine groups is 1. The molecule has 1 aliphatic heterocycles. The Balaban J connectivity index is 1.88. The zero-order valence-electron chi connectivity index (χ0n) is 24.7. The van der Waals surface area contributed by atoms with Gasteiger partial charge in [-0.2, -0.15) is 0 Å². The van der Waals surface area contributed by atoms with Crippen LogP contribution in [0.1, 0.15) is 52.0 Å². The van der Waals surface area contributed by atoms with E-state index in [1.165, 1.54) is 0 Å². The Labute approximate surface area is 239 Å². The lowest BCUT2D eigenvalue weighted by atomic mass is 10.1. The Morgan fingerprint density at radius 2 is 1.82 bits per heavy atom. The highest BCUT2D eigenvalue weighted by molar-refractivity contribution is 8.13. The standard InChI is InChI=1S/C28H47N5O4SSi/c1-28(2,3)39(6,7)37-20-18-31(17-19-36-21-22-13-9-8-10-14-22)26-24(33(34)35)25(29-4)32(27(30-26)38-5)23-15-11-12-16-23/h8-10,13-14,23,25,29H,11-12,15-21H2,1-7H3. The highest BCUT2D eigenvalue weighted by Crippen LogP contribution is 2.37. The van der Waals surface area contributed by atoms with E-state index in [-0.39, 0.29) is 21.7 Å². The van der Waals surface area contributed by atoms with Gasteiger partial charge in [0.1, 0.15) is 0 Å². The minimum absolute atomic E-state index is 0.0793. The molecule has 0 amide bonds. The molecule has 2 aliphatic rings. The van der Waals surface area contributed by atoms with Crippen LogP contribution in [0.25, 0.3) is 0 Å². The third-order valence-electron chi connectivity index (χ3n) is 8.11. The van der Waals surface area contributed by atoms with Gasteiger partial charge in [0, 0.05) is 19.1 Å². The predicted octanol–water partition coefficient (Wildman–Crippen LogP) is 5.50. The highest BCUT2D eigenvalue weighted by atomic mass is 32.2. The summed E-state index contributed by atoms with van der Waals surface area (Å²) in [7, 11) is -0.184. The van der Waals surface area contributed by atoms with Crippen molar-refractivity contribution >= 4 is 25.2 Å². The zero-order valence-corrected chi connectivity index (χ0v) is 26.6. The second kappa shape index (κ2) is 14.1. The lowest BCUT2D eigenvalue weighted by Gasteiger charge is -2.41. The maximum Gasteiger partial charge on any atom is 0.325 e. The van der Waals surface area contributed by atoms with Gasteiger partial charge >= 0.3 is 5.70 Å². The second-order valence-electron chi connectivity index (χ2n) is 11.7. The first-order valence-electron chi connectivity index (χ1n) is 14.0. The SMILES string of the molecule is CNC1C([N+](=O)[O-])=C(N(CCOCc2ccccc2)CCO[Si](C)(C)C(C)(C)C)N=C(SC)N1C1CCCC1. The van der Waals surface area contributed by atoms with Crippen molar-refractivity contribution in [1.82, 2.24) is 15.1 Å². The average molecular weight is 578 g/mol. The topological polar surface area (TPSA) is 92.5 Å². The molecule has 1 atom stereocenters. The number of thioether (sulfide) groups is 1. The summed E-state index contributed by atoms with van der Waals surface area (Å²) in [6, 6.07) is 10.3. The van der Waals surface area contributed by atoms with E-state index in [1.807, 2.05) is 41.5 Å². The average Bonchev–Trinajstić information content (AvgIpc) is 3.43. The van der Waals surface area contributed by atoms with E-state index in [2.05, 4.69) is 44.1 Å². The second-order valence-corrected chi connectivity index (χ2v) is 17.3. The maximum atomic E-state index is 12.6. The molecule has 1 unspecified atom stereocenters. The van der Waals surface area contributed by atoms with Crippen LogP contribution in [-0.2, 0) is 15.8 Å². The van der Waals surface area contributed by atoms with Crippen molar-refractivity contribution < 1.29 is 14.1 Å². The van der Waals surface area contributed by atoms with E-state index in [0.717, 1.165) is 36.4 Å². The molecule has 0 bridgehead atoms. The van der Waals surface area contributed by atoms with Crippen LogP contribution in [0.2, 0.25) is 18.1 Å². The van der Waals surface area contributed by atoms with Gasteiger partial charge in [-0.05, 0) is 49.8 Å². The van der Waals surface area contributed by atoms with Crippen molar-refractivity contribution in [2.45, 2.75) is 83.4 Å². The fourth-order valence-corrected chi connectivity index (χ4v) is 6.53. The highest BCUT2D eigenvalue weighted by Gasteiger charge is 2.44. The van der Waals surface area contributed by atoms with Crippen molar-refractivity contribution in [3.63, 3.8) is 0 Å². The Morgan fingerprint density at radius 1 is 1.18 bits per heavy atom. The van der Waals surface area contributed by atoms with Crippen molar-refractivity contribution in [1.29, 1.82) is 0 Å². The number of ether oxygens (including phenoxy) is 1. The fourth-order valence-electron chi connectivity index (χ4n) is 4.85. The van der Waals surface area contributed by atoms with Gasteiger partial charge in [0.25, 0.3) is 0 Å². The van der Waals surface area contributed by atoms with Crippen LogP contribution in [0.15, 0.2) is 46.8 Å². The van der Waals surface area contributed by atoms with Crippen molar-refractivity contribution in [2.75, 3.05) is 39.6 Å². The van der Waals surface area contributed by atoms with Crippen LogP contribution in [0.5, 0.6) is 0 Å². The van der Waals surface area contributed by atoms with E-state index in [9.17, 15) is 10.1 Å². The van der Waals surface area contributed by atoms with Gasteiger partial charge in [0.15, 0.2) is 19.7 Å². The molecule has 1 aliphatic carbocycles. The van der Waals surface area contributed by atoms with E-state index in [0.29, 0.717) is 38.7 Å². The number of hydrogen-bond donors (Lipinski definition) is 1. The van der Waals surface area contributed by atoms with Crippen molar-refractivity contribution in [3.05, 3.63) is 57.5 Å². The molecule has 1 aromatic carbocycles. The predicted molar refractivity (Wildman–Crippen MR) is 163 cm³/mol. The minimum Gasteiger partial charge on any atom is -0.415 e. The number of aliphatic imine (C=N–C) groups is 1. The van der Waals surface area contributed by atoms with Gasteiger partial charge in [-0.15, -0.1) is 0 Å². The van der Waals surface area contributed by atoms with E-state index in [4.69, 9.17) is 14.2 Å². The van der Waals surface area contributed by atoms with Crippen molar-refractivity contribution in [3.8, 4) is 0 Å². The molecule has 1 saturated carbocycles. The minimum atomic E-state index is -1.98. The number of nitrogens with zero attached hydrogens (tertiary/aromatic N) is 4. The number of rotatable bonds is 13. The normalized spacial score (nSPS) is 19.0. The molecule has 1 heterocycles. The quantitative estimate of drug-likeness (QED) is 0.142. The molecule has 39 heavy (non-hydrogen) atoms. The molecular formula is C28H47N5O4SSi. The van der Waals surface area contributed by atoms with Gasteiger partial charge in [-0.3, -0.25) is 15.4 Å². The van der Waals surface area contributed by atoms with Gasteiger partial charge in [-0.1, -0.05) is 75.7 Å². The summed E-state index contributed by atoms with van der Waals surface area (Å²) in [5, 5.41) is 16.7. The largest absolute Gasteiger partial charge is 0.415 e. The first kappa shape index (κ1) is 31.6. The molecule has 218 valence electrons. The molecule has 9 nitrogen and oxygen atoms in total. The Morgan fingerprint density at radius 3 is 2.38 bits per heavy atom. The Bertz CT molecular complexity index is 1010. The lowest BCUT2D eigenvalue weighted by Crippen LogP contribution is -2.56. The number of likely N-dealkylation sites (N-methyl/N-ethyl adjacent to an activating group) is 1. The molecule has 1 N–H and O–H groups in total. The first-order chi connectivity index (χ1) is 18.5. The molecule has 1 fully saturated rings. The molecule has 0 aromatic heterocycles. The number of benzene rings is 1. The lowest BCUT2D eigenvalue weighted by molar-refractivity contribution is -0.436. The zero-order chi connectivity index (χ0) is 28.6. The fraction of sp³-hybridized carbons (Fsp3) is 0.679. The van der Waals surface area contributed by atoms with Crippen LogP contribution in [-0.4, -0.2) is 80.0 Å². The van der Waals surface area contributed by atoms with Crippen molar-refractivity contribution in [2.24, 2.45) is 4.99 Å². The van der Waals surface area contributed by atoms with Gasteiger partial charge in [0.2, 0.25) is 5.82 Å². The molecule has 0 radical (unpaired) electrons. The number of hydrogen-bond acceptors (Lipinski definition) is 9. The summed E-state index contributed by atoms with van der Waals surface area (Å²) < 4.78 is 12.5. The molecule has 3 rings (SSSR count). The van der Waals surface area contributed by atoms with Crippen LogP contribution in [0.4, 0.5) is 0 Å². The summed E-state index contributed by atoms with van der Waals surface area (Å²) >= 11 is 1.55. The summed E-state index contributed by atoms with van der Waals surface area (Å²) in [6.45, 7) is 13.5. The summed E-state index contributed by atoms with van der Waals surface area (Å²) in [4.78, 5) is 21.4. The third kappa shape index (κ3) is 8.06. The van der Waals surface area contributed by atoms with Gasteiger partial charge in [-0.25, -0.2) is 4.99 Å². The molecule has 1 aromatic rings. The van der Waals surface area contributed by atoms with E-state index in [1.54, 1.807) is 18.8 Å². The smallest absolute Gasteiger partial charge is 0.325 e. The van der Waals surface area contributed by atoms with Crippen LogP contribution >= 0.6 is 11.8 Å². The van der Waals surface area contributed by atoms with Gasteiger partial charge in [0.05, 0.1) is 24.7 Å². The summed E-state index contributed by atoms with van der Waals surface area (Å²) in [5.74, 6) is 0.403. The summed E-state index contributed by atoms with van der Waals surface area (Å²) in [6.07, 6.45) is 5.77. The summed E-state index contributed by atoms with van der Waals surface area (Å²) in [5.41, 5.74) is 1.19. The van der Waals surface area contributed by atoms with E-state index < -0.39 is 14.5 Å². The Hall–Kier alpha value is -1.92. The molecule has 0 saturated heterocycles. The molecular weight excluding hydrogens is 530 g/mol. The number of nitro groups is 1. The van der Waals surface area contributed by atoms with E-state index >= 15 is 0 Å². The first-order valence-corrected chi connectivity index (χ1v) is 18.1. The van der Waals surface area contributed by atoms with Crippen LogP contribution < -0.4 is 5.32 Å². The Kier molecular flexibility index (Phi) is 11.4.